The molecular weight excluding hydrogens is 101 g/mol. The molecule has 0 bridgehead atoms. The normalized spacial score (nSPS) is 20.0. The summed E-state index contributed by atoms with van der Waals surface area (Å²) in [5.74, 6) is 0.201. The summed E-state index contributed by atoms with van der Waals surface area (Å²) in [4.78, 5) is 12.3. The van der Waals surface area contributed by atoms with Gasteiger partial charge in [-0.05, 0) is 12.9 Å². The van der Waals surface area contributed by atoms with Crippen LogP contribution in [0.2, 0.25) is 0 Å². The van der Waals surface area contributed by atoms with Crippen LogP contribution >= 0.6 is 0 Å². The molecule has 0 saturated carbocycles. The van der Waals surface area contributed by atoms with Gasteiger partial charge in [0.25, 0.3) is 0 Å². The van der Waals surface area contributed by atoms with Gasteiger partial charge in [0.05, 0.1) is 7.85 Å². The van der Waals surface area contributed by atoms with E-state index in [1.165, 1.54) is 0 Å². The van der Waals surface area contributed by atoms with Crippen molar-refractivity contribution in [1.82, 2.24) is 4.90 Å². The summed E-state index contributed by atoms with van der Waals surface area (Å²) in [5, 5.41) is 0. The fourth-order valence-electron chi connectivity index (χ4n) is 0.897. The number of likely N-dealkylation sites (tertiary alicyclic amines) is 1. The van der Waals surface area contributed by atoms with E-state index >= 15 is 0 Å². The lowest BCUT2D eigenvalue weighted by Gasteiger charge is -2.10. The van der Waals surface area contributed by atoms with Gasteiger partial charge >= 0.3 is 0 Å². The molecule has 0 spiro atoms. The Balaban J connectivity index is 2.42. The third-order valence-corrected chi connectivity index (χ3v) is 1.39. The Kier molecular flexibility index (Phi) is 1.56. The molecule has 0 aromatic carbocycles. The molecule has 2 nitrogen and oxygen atoms in total. The SMILES string of the molecule is [B]CN1CCCC1=O. The average Bonchev–Trinajstić information content (AvgIpc) is 2.14. The lowest BCUT2D eigenvalue weighted by molar-refractivity contribution is -0.126. The van der Waals surface area contributed by atoms with E-state index in [0.717, 1.165) is 13.0 Å². The van der Waals surface area contributed by atoms with E-state index in [2.05, 4.69) is 0 Å². The van der Waals surface area contributed by atoms with Crippen LogP contribution in [0, 0.1) is 0 Å². The van der Waals surface area contributed by atoms with Gasteiger partial charge < -0.3 is 4.90 Å². The van der Waals surface area contributed by atoms with Crippen molar-refractivity contribution in [3.05, 3.63) is 0 Å². The molecule has 1 aliphatic heterocycles. The highest BCUT2D eigenvalue weighted by atomic mass is 16.2. The van der Waals surface area contributed by atoms with E-state index in [0.29, 0.717) is 12.9 Å². The summed E-state index contributed by atoms with van der Waals surface area (Å²) in [6.07, 6.45) is 2.06. The topological polar surface area (TPSA) is 20.3 Å². The van der Waals surface area contributed by atoms with E-state index in [1.807, 2.05) is 0 Å². The second kappa shape index (κ2) is 2.20. The van der Waals surface area contributed by atoms with E-state index in [-0.39, 0.29) is 5.91 Å². The van der Waals surface area contributed by atoms with Gasteiger partial charge in [0.15, 0.2) is 0 Å². The number of nitrogens with zero attached hydrogens (tertiary/aromatic N) is 1. The summed E-state index contributed by atoms with van der Waals surface area (Å²) >= 11 is 0. The Bertz CT molecular complexity index is 105. The van der Waals surface area contributed by atoms with E-state index in [9.17, 15) is 4.79 Å². The molecule has 1 fully saturated rings. The molecule has 1 rings (SSSR count). The number of amides is 1. The van der Waals surface area contributed by atoms with Gasteiger partial charge in [-0.1, -0.05) is 0 Å². The van der Waals surface area contributed by atoms with Gasteiger partial charge in [0, 0.05) is 13.0 Å². The maximum atomic E-state index is 10.7. The molecule has 8 heavy (non-hydrogen) atoms. The number of rotatable bonds is 1. The van der Waals surface area contributed by atoms with Crippen molar-refractivity contribution in [1.29, 1.82) is 0 Å². The van der Waals surface area contributed by atoms with Crippen molar-refractivity contribution in [2.24, 2.45) is 0 Å². The summed E-state index contributed by atoms with van der Waals surface area (Å²) in [6, 6.07) is 0. The van der Waals surface area contributed by atoms with Gasteiger partial charge in [-0.25, -0.2) is 0 Å². The molecule has 0 atom stereocenters. The van der Waals surface area contributed by atoms with Gasteiger partial charge in [-0.15, -0.1) is 0 Å². The van der Waals surface area contributed by atoms with Crippen molar-refractivity contribution in [2.45, 2.75) is 12.8 Å². The maximum Gasteiger partial charge on any atom is 0.221 e. The highest BCUT2D eigenvalue weighted by Crippen LogP contribution is 2.06. The molecule has 1 aliphatic rings. The van der Waals surface area contributed by atoms with Crippen LogP contribution in [0.4, 0.5) is 0 Å². The van der Waals surface area contributed by atoms with Crippen molar-refractivity contribution in [3.63, 3.8) is 0 Å². The third kappa shape index (κ3) is 0.856. The van der Waals surface area contributed by atoms with Gasteiger partial charge in [-0.2, -0.15) is 0 Å². The molecule has 0 aromatic rings. The number of hydrogen-bond donors (Lipinski definition) is 0. The van der Waals surface area contributed by atoms with E-state index in [1.54, 1.807) is 4.90 Å². The Labute approximate surface area is 50.3 Å². The molecule has 0 unspecified atom stereocenters. The zero-order valence-corrected chi connectivity index (χ0v) is 4.76. The lowest BCUT2D eigenvalue weighted by Crippen LogP contribution is -2.25. The van der Waals surface area contributed by atoms with E-state index in [4.69, 9.17) is 7.85 Å². The Morgan fingerprint density at radius 3 is 2.75 bits per heavy atom. The number of hydrogen-bond acceptors (Lipinski definition) is 1. The Morgan fingerprint density at radius 1 is 1.75 bits per heavy atom. The van der Waals surface area contributed by atoms with Crippen LogP contribution in [-0.4, -0.2) is 31.6 Å². The fourth-order valence-corrected chi connectivity index (χ4v) is 0.897. The first-order valence-corrected chi connectivity index (χ1v) is 2.82. The largest absolute Gasteiger partial charge is 0.352 e. The van der Waals surface area contributed by atoms with E-state index < -0.39 is 0 Å². The predicted octanol–water partition coefficient (Wildman–Crippen LogP) is -0.265. The minimum atomic E-state index is 0.201. The second-order valence-electron chi connectivity index (χ2n) is 1.94. The van der Waals surface area contributed by atoms with Crippen molar-refractivity contribution in [3.8, 4) is 0 Å². The molecule has 2 radical (unpaired) electrons. The Hall–Kier alpha value is -0.465. The highest BCUT2D eigenvalue weighted by molar-refractivity contribution is 6.10. The zero-order valence-electron chi connectivity index (χ0n) is 4.76. The molecule has 42 valence electrons. The van der Waals surface area contributed by atoms with Crippen molar-refractivity contribution in [2.75, 3.05) is 13.0 Å². The first kappa shape index (κ1) is 5.67. The Morgan fingerprint density at radius 2 is 2.50 bits per heavy atom. The third-order valence-electron chi connectivity index (χ3n) is 1.39. The van der Waals surface area contributed by atoms with Gasteiger partial charge in [0.2, 0.25) is 5.91 Å². The predicted molar refractivity (Wildman–Crippen MR) is 31.6 cm³/mol. The summed E-state index contributed by atoms with van der Waals surface area (Å²) in [6.45, 7) is 0.856. The number of carbonyl (C=O) groups is 1. The van der Waals surface area contributed by atoms with Crippen LogP contribution in [0.15, 0.2) is 0 Å². The average molecular weight is 109 g/mol. The van der Waals surface area contributed by atoms with Gasteiger partial charge in [0.1, 0.15) is 0 Å². The minimum absolute atomic E-state index is 0.201. The summed E-state index contributed by atoms with van der Waals surface area (Å²) in [7, 11) is 5.23. The van der Waals surface area contributed by atoms with Crippen molar-refractivity contribution < 1.29 is 4.79 Å². The standard InChI is InChI=1S/C5H8BNO/c6-4-7-3-1-2-5(7)8/h1-4H2. The smallest absolute Gasteiger partial charge is 0.221 e. The van der Waals surface area contributed by atoms with Crippen LogP contribution in [0.3, 0.4) is 0 Å². The molecule has 1 heterocycles. The molecule has 1 amide bonds. The highest BCUT2D eigenvalue weighted by Gasteiger charge is 2.16. The molecular formula is C5H8BNO. The summed E-state index contributed by atoms with van der Waals surface area (Å²) < 4.78 is 0. The molecule has 3 heteroatoms. The number of carbonyl (C=O) groups excluding carboxylic acids is 1. The molecule has 0 N–H and O–H groups in total. The molecule has 1 saturated heterocycles. The van der Waals surface area contributed by atoms with Crippen LogP contribution < -0.4 is 0 Å². The van der Waals surface area contributed by atoms with Crippen LogP contribution in [0.1, 0.15) is 12.8 Å². The van der Waals surface area contributed by atoms with Crippen LogP contribution in [0.5, 0.6) is 0 Å². The summed E-state index contributed by atoms with van der Waals surface area (Å²) in [5.41, 5.74) is 0. The first-order chi connectivity index (χ1) is 3.84. The quantitative estimate of drug-likeness (QED) is 0.424. The fraction of sp³-hybridized carbons (Fsp3) is 0.800. The van der Waals surface area contributed by atoms with Crippen LogP contribution in [0.25, 0.3) is 0 Å². The molecule has 0 aliphatic carbocycles. The van der Waals surface area contributed by atoms with Crippen molar-refractivity contribution >= 4 is 13.8 Å². The van der Waals surface area contributed by atoms with Gasteiger partial charge in [-0.3, -0.25) is 4.79 Å². The maximum absolute atomic E-state index is 10.7. The first-order valence-electron chi connectivity index (χ1n) is 2.82. The minimum Gasteiger partial charge on any atom is -0.352 e. The zero-order chi connectivity index (χ0) is 5.98. The van der Waals surface area contributed by atoms with Crippen LogP contribution in [-0.2, 0) is 4.79 Å². The molecule has 0 aromatic heterocycles. The lowest BCUT2D eigenvalue weighted by atomic mass is 10.1. The monoisotopic (exact) mass is 109 g/mol. The second-order valence-corrected chi connectivity index (χ2v) is 1.94.